The third-order valence-electron chi connectivity index (χ3n) is 6.29. The topological polar surface area (TPSA) is 12.9 Å². The standard InChI is InChI=1S/C28H21NS/c1-28(2)23-14-7-6-13-21(23)22-15-16-24-26(25(22)28)29-27(30-24)20-12-8-11-19(17-20)18-9-4-3-5-10-18/h3-17H,1-2H3. The van der Waals surface area contributed by atoms with Crippen molar-refractivity contribution in [3.8, 4) is 32.8 Å². The van der Waals surface area contributed by atoms with Crippen LogP contribution in [0, 0.1) is 0 Å². The van der Waals surface area contributed by atoms with Gasteiger partial charge in [0.2, 0.25) is 0 Å². The molecule has 0 amide bonds. The molecule has 144 valence electrons. The predicted molar refractivity (Wildman–Crippen MR) is 128 cm³/mol. The summed E-state index contributed by atoms with van der Waals surface area (Å²) in [5.41, 5.74) is 10.2. The molecule has 0 saturated carbocycles. The summed E-state index contributed by atoms with van der Waals surface area (Å²) in [6.07, 6.45) is 0. The van der Waals surface area contributed by atoms with E-state index in [-0.39, 0.29) is 5.41 Å². The highest BCUT2D eigenvalue weighted by Gasteiger charge is 2.37. The maximum atomic E-state index is 5.19. The van der Waals surface area contributed by atoms with Crippen LogP contribution >= 0.6 is 11.3 Å². The van der Waals surface area contributed by atoms with Gasteiger partial charge in [0.05, 0.1) is 10.2 Å². The van der Waals surface area contributed by atoms with Gasteiger partial charge in [0.15, 0.2) is 0 Å². The first-order valence-corrected chi connectivity index (χ1v) is 11.1. The molecule has 0 N–H and O–H groups in total. The van der Waals surface area contributed by atoms with Crippen molar-refractivity contribution in [3.63, 3.8) is 0 Å². The highest BCUT2D eigenvalue weighted by Crippen LogP contribution is 2.52. The zero-order chi connectivity index (χ0) is 20.3. The molecule has 0 radical (unpaired) electrons. The molecule has 1 aliphatic carbocycles. The first-order chi connectivity index (χ1) is 14.6. The second-order valence-corrected chi connectivity index (χ2v) is 9.50. The molecule has 4 aromatic carbocycles. The van der Waals surface area contributed by atoms with Crippen LogP contribution in [-0.4, -0.2) is 4.98 Å². The molecule has 2 heteroatoms. The van der Waals surface area contributed by atoms with Crippen LogP contribution < -0.4 is 0 Å². The number of benzene rings is 4. The maximum Gasteiger partial charge on any atom is 0.124 e. The Kier molecular flexibility index (Phi) is 3.75. The summed E-state index contributed by atoms with van der Waals surface area (Å²) in [6, 6.07) is 32.6. The van der Waals surface area contributed by atoms with Crippen LogP contribution in [0.4, 0.5) is 0 Å². The number of hydrogen-bond donors (Lipinski definition) is 0. The molecule has 6 rings (SSSR count). The van der Waals surface area contributed by atoms with Crippen molar-refractivity contribution in [2.75, 3.05) is 0 Å². The lowest BCUT2D eigenvalue weighted by Crippen LogP contribution is -2.15. The first kappa shape index (κ1) is 17.6. The molecule has 5 aromatic rings. The molecule has 30 heavy (non-hydrogen) atoms. The molecule has 0 fully saturated rings. The van der Waals surface area contributed by atoms with E-state index in [2.05, 4.69) is 105 Å². The monoisotopic (exact) mass is 403 g/mol. The van der Waals surface area contributed by atoms with Crippen LogP contribution in [0.15, 0.2) is 91.0 Å². The molecular weight excluding hydrogens is 382 g/mol. The molecule has 0 spiro atoms. The molecule has 1 aliphatic rings. The summed E-state index contributed by atoms with van der Waals surface area (Å²) < 4.78 is 1.26. The molecule has 0 aliphatic heterocycles. The Balaban J connectivity index is 1.53. The predicted octanol–water partition coefficient (Wildman–Crippen LogP) is 7.94. The van der Waals surface area contributed by atoms with Crippen molar-refractivity contribution in [3.05, 3.63) is 102 Å². The van der Waals surface area contributed by atoms with E-state index in [9.17, 15) is 0 Å². The van der Waals surface area contributed by atoms with E-state index in [0.717, 1.165) is 10.5 Å². The average molecular weight is 404 g/mol. The normalized spacial score (nSPS) is 13.9. The Morgan fingerprint density at radius 2 is 1.40 bits per heavy atom. The van der Waals surface area contributed by atoms with E-state index in [1.807, 2.05) is 0 Å². The zero-order valence-electron chi connectivity index (χ0n) is 17.0. The summed E-state index contributed by atoms with van der Waals surface area (Å²) in [5.74, 6) is 0. The molecule has 1 heterocycles. The van der Waals surface area contributed by atoms with Crippen LogP contribution in [0.5, 0.6) is 0 Å². The minimum Gasteiger partial charge on any atom is -0.236 e. The fourth-order valence-electron chi connectivity index (χ4n) is 4.83. The SMILES string of the molecule is CC1(C)c2ccccc2-c2ccc3sc(-c4cccc(-c5ccccc5)c4)nc3c21. The first-order valence-electron chi connectivity index (χ1n) is 10.3. The van der Waals surface area contributed by atoms with E-state index in [4.69, 9.17) is 4.98 Å². The Bertz CT molecular complexity index is 1410. The molecule has 0 bridgehead atoms. The summed E-state index contributed by atoms with van der Waals surface area (Å²) >= 11 is 1.79. The third-order valence-corrected chi connectivity index (χ3v) is 7.36. The van der Waals surface area contributed by atoms with Crippen LogP contribution in [0.25, 0.3) is 43.0 Å². The van der Waals surface area contributed by atoms with Gasteiger partial charge in [0.25, 0.3) is 0 Å². The molecule has 0 unspecified atom stereocenters. The van der Waals surface area contributed by atoms with Gasteiger partial charge >= 0.3 is 0 Å². The lowest BCUT2D eigenvalue weighted by atomic mass is 9.82. The largest absolute Gasteiger partial charge is 0.236 e. The average Bonchev–Trinajstić information content (AvgIpc) is 3.32. The van der Waals surface area contributed by atoms with Crippen molar-refractivity contribution < 1.29 is 0 Å². The summed E-state index contributed by atoms with van der Waals surface area (Å²) in [7, 11) is 0. The second-order valence-electron chi connectivity index (χ2n) is 8.47. The van der Waals surface area contributed by atoms with Gasteiger partial charge in [-0.2, -0.15) is 0 Å². The number of thiazole rings is 1. The van der Waals surface area contributed by atoms with Gasteiger partial charge in [0.1, 0.15) is 5.01 Å². The number of hydrogen-bond acceptors (Lipinski definition) is 2. The van der Waals surface area contributed by atoms with Crippen molar-refractivity contribution in [2.45, 2.75) is 19.3 Å². The van der Waals surface area contributed by atoms with Crippen molar-refractivity contribution >= 4 is 21.6 Å². The number of aromatic nitrogens is 1. The van der Waals surface area contributed by atoms with Gasteiger partial charge in [-0.05, 0) is 45.5 Å². The smallest absolute Gasteiger partial charge is 0.124 e. The maximum absolute atomic E-state index is 5.19. The molecule has 0 atom stereocenters. The minimum absolute atomic E-state index is 0.0390. The van der Waals surface area contributed by atoms with Crippen LogP contribution in [0.3, 0.4) is 0 Å². The Labute approximate surface area is 180 Å². The van der Waals surface area contributed by atoms with Crippen LogP contribution in [-0.2, 0) is 5.41 Å². The Hall–Kier alpha value is -3.23. The van der Waals surface area contributed by atoms with Gasteiger partial charge in [0, 0.05) is 11.0 Å². The van der Waals surface area contributed by atoms with E-state index in [1.165, 1.54) is 43.6 Å². The third kappa shape index (κ3) is 2.50. The Morgan fingerprint density at radius 3 is 2.27 bits per heavy atom. The summed E-state index contributed by atoms with van der Waals surface area (Å²) in [5, 5.41) is 1.09. The van der Waals surface area contributed by atoms with E-state index < -0.39 is 0 Å². The number of nitrogens with zero attached hydrogens (tertiary/aromatic N) is 1. The highest BCUT2D eigenvalue weighted by atomic mass is 32.1. The second kappa shape index (κ2) is 6.38. The molecular formula is C28H21NS. The van der Waals surface area contributed by atoms with Gasteiger partial charge in [-0.3, -0.25) is 0 Å². The summed E-state index contributed by atoms with van der Waals surface area (Å²) in [4.78, 5) is 5.19. The van der Waals surface area contributed by atoms with E-state index in [0.29, 0.717) is 0 Å². The van der Waals surface area contributed by atoms with Gasteiger partial charge in [-0.25, -0.2) is 4.98 Å². The van der Waals surface area contributed by atoms with E-state index >= 15 is 0 Å². The quantitative estimate of drug-likeness (QED) is 0.291. The lowest BCUT2D eigenvalue weighted by molar-refractivity contribution is 0.665. The zero-order valence-corrected chi connectivity index (χ0v) is 17.8. The minimum atomic E-state index is -0.0390. The number of rotatable bonds is 2. The van der Waals surface area contributed by atoms with Crippen molar-refractivity contribution in [1.29, 1.82) is 0 Å². The molecule has 1 nitrogen and oxygen atoms in total. The summed E-state index contributed by atoms with van der Waals surface area (Å²) in [6.45, 7) is 4.65. The van der Waals surface area contributed by atoms with Crippen LogP contribution in [0.2, 0.25) is 0 Å². The molecule has 0 saturated heterocycles. The molecule has 1 aromatic heterocycles. The number of fused-ring (bicyclic) bond motifs is 5. The van der Waals surface area contributed by atoms with Crippen molar-refractivity contribution in [2.24, 2.45) is 0 Å². The van der Waals surface area contributed by atoms with Gasteiger partial charge in [-0.1, -0.05) is 92.7 Å². The van der Waals surface area contributed by atoms with Gasteiger partial charge < -0.3 is 0 Å². The Morgan fingerprint density at radius 1 is 0.667 bits per heavy atom. The van der Waals surface area contributed by atoms with Crippen LogP contribution in [0.1, 0.15) is 25.0 Å². The lowest BCUT2D eigenvalue weighted by Gasteiger charge is -2.21. The van der Waals surface area contributed by atoms with Gasteiger partial charge in [-0.15, -0.1) is 11.3 Å². The van der Waals surface area contributed by atoms with E-state index in [1.54, 1.807) is 11.3 Å². The fourth-order valence-corrected chi connectivity index (χ4v) is 5.81. The fraction of sp³-hybridized carbons (Fsp3) is 0.107. The highest BCUT2D eigenvalue weighted by molar-refractivity contribution is 7.21. The van der Waals surface area contributed by atoms with Crippen molar-refractivity contribution in [1.82, 2.24) is 4.98 Å².